The molecule has 1 atom stereocenters. The minimum absolute atomic E-state index is 0.134. The van der Waals surface area contributed by atoms with Crippen LogP contribution in [-0.4, -0.2) is 25.8 Å². The van der Waals surface area contributed by atoms with Crippen LogP contribution in [0.25, 0.3) is 0 Å². The van der Waals surface area contributed by atoms with Crippen LogP contribution < -0.4 is 11.2 Å². The van der Waals surface area contributed by atoms with Gasteiger partial charge in [-0.3, -0.25) is 18.6 Å². The van der Waals surface area contributed by atoms with E-state index in [1.54, 1.807) is 6.26 Å². The molecule has 2 rings (SSSR count). The molecule has 0 radical (unpaired) electrons. The maximum Gasteiger partial charge on any atom is 0.329 e. The number of rotatable bonds is 4. The summed E-state index contributed by atoms with van der Waals surface area (Å²) in [5, 5.41) is 0.163. The van der Waals surface area contributed by atoms with E-state index in [2.05, 4.69) is 4.98 Å². The van der Waals surface area contributed by atoms with Crippen molar-refractivity contribution in [1.29, 1.82) is 0 Å². The molecular formula is C12H17ClN2O3S. The lowest BCUT2D eigenvalue weighted by atomic mass is 10.0. The van der Waals surface area contributed by atoms with Crippen LogP contribution in [-0.2, 0) is 17.3 Å². The SMILES string of the molecule is CS(=O)CCn1c(=O)[nH]c(Cl)c(C2CCCC2)c1=O. The van der Waals surface area contributed by atoms with E-state index in [9.17, 15) is 13.8 Å². The van der Waals surface area contributed by atoms with Gasteiger partial charge in [0.15, 0.2) is 0 Å². The molecule has 0 aromatic carbocycles. The summed E-state index contributed by atoms with van der Waals surface area (Å²) >= 11 is 6.02. The van der Waals surface area contributed by atoms with Crippen LogP contribution in [0.1, 0.15) is 37.2 Å². The fraction of sp³-hybridized carbons (Fsp3) is 0.667. The molecule has 1 aliphatic rings. The van der Waals surface area contributed by atoms with Crippen molar-refractivity contribution in [2.45, 2.75) is 38.1 Å². The number of aromatic amines is 1. The third-order valence-electron chi connectivity index (χ3n) is 3.54. The Balaban J connectivity index is 2.43. The molecule has 1 heterocycles. The zero-order valence-corrected chi connectivity index (χ0v) is 12.4. The van der Waals surface area contributed by atoms with Crippen LogP contribution in [0.2, 0.25) is 5.15 Å². The number of halogens is 1. The summed E-state index contributed by atoms with van der Waals surface area (Å²) in [7, 11) is -1.04. The fourth-order valence-corrected chi connectivity index (χ4v) is 3.31. The molecule has 7 heteroatoms. The van der Waals surface area contributed by atoms with Crippen molar-refractivity contribution in [2.75, 3.05) is 12.0 Å². The van der Waals surface area contributed by atoms with E-state index in [0.717, 1.165) is 30.3 Å². The Morgan fingerprint density at radius 3 is 2.58 bits per heavy atom. The monoisotopic (exact) mass is 304 g/mol. The molecule has 1 fully saturated rings. The van der Waals surface area contributed by atoms with Gasteiger partial charge in [0.1, 0.15) is 5.15 Å². The van der Waals surface area contributed by atoms with Crippen molar-refractivity contribution in [1.82, 2.24) is 9.55 Å². The van der Waals surface area contributed by atoms with Gasteiger partial charge in [0.05, 0.1) is 5.56 Å². The van der Waals surface area contributed by atoms with Crippen molar-refractivity contribution in [3.05, 3.63) is 31.6 Å². The normalized spacial score (nSPS) is 17.8. The van der Waals surface area contributed by atoms with Gasteiger partial charge in [-0.2, -0.15) is 0 Å². The predicted octanol–water partition coefficient (Wildman–Crippen LogP) is 1.23. The van der Waals surface area contributed by atoms with Gasteiger partial charge in [0.2, 0.25) is 0 Å². The van der Waals surface area contributed by atoms with Crippen molar-refractivity contribution in [2.24, 2.45) is 0 Å². The van der Waals surface area contributed by atoms with Gasteiger partial charge in [-0.25, -0.2) is 4.79 Å². The van der Waals surface area contributed by atoms with Gasteiger partial charge < -0.3 is 0 Å². The van der Waals surface area contributed by atoms with Gasteiger partial charge in [0, 0.05) is 29.4 Å². The topological polar surface area (TPSA) is 71.9 Å². The Labute approximate surface area is 118 Å². The Kier molecular flexibility index (Phi) is 4.62. The summed E-state index contributed by atoms with van der Waals surface area (Å²) in [5.41, 5.74) is -0.339. The van der Waals surface area contributed by atoms with Gasteiger partial charge in [0.25, 0.3) is 5.56 Å². The second kappa shape index (κ2) is 6.05. The highest BCUT2D eigenvalue weighted by Gasteiger charge is 2.24. The first-order valence-electron chi connectivity index (χ1n) is 6.33. The first kappa shape index (κ1) is 14.5. The molecule has 106 valence electrons. The van der Waals surface area contributed by atoms with Crippen molar-refractivity contribution >= 4 is 22.4 Å². The van der Waals surface area contributed by atoms with Gasteiger partial charge in [-0.05, 0) is 18.8 Å². The molecule has 1 aromatic rings. The molecule has 0 saturated heterocycles. The first-order valence-corrected chi connectivity index (χ1v) is 8.43. The second-order valence-corrected chi connectivity index (χ2v) is 6.81. The van der Waals surface area contributed by atoms with Crippen LogP contribution in [0.5, 0.6) is 0 Å². The van der Waals surface area contributed by atoms with Crippen LogP contribution in [0.4, 0.5) is 0 Å². The third-order valence-corrected chi connectivity index (χ3v) is 4.60. The zero-order chi connectivity index (χ0) is 14.0. The molecule has 1 unspecified atom stereocenters. The van der Waals surface area contributed by atoms with Crippen LogP contribution in [0.3, 0.4) is 0 Å². The molecular weight excluding hydrogens is 288 g/mol. The van der Waals surface area contributed by atoms with Gasteiger partial charge in [-0.1, -0.05) is 24.4 Å². The minimum atomic E-state index is -1.04. The first-order chi connectivity index (χ1) is 9.00. The van der Waals surface area contributed by atoms with E-state index in [-0.39, 0.29) is 28.9 Å². The molecule has 0 aliphatic heterocycles. The molecule has 1 aromatic heterocycles. The number of aromatic nitrogens is 2. The average Bonchev–Trinajstić information content (AvgIpc) is 2.81. The predicted molar refractivity (Wildman–Crippen MR) is 76.5 cm³/mol. The molecule has 19 heavy (non-hydrogen) atoms. The maximum atomic E-state index is 12.4. The highest BCUT2D eigenvalue weighted by Crippen LogP contribution is 2.34. The van der Waals surface area contributed by atoms with E-state index < -0.39 is 16.5 Å². The zero-order valence-electron chi connectivity index (χ0n) is 10.8. The van der Waals surface area contributed by atoms with Crippen LogP contribution in [0.15, 0.2) is 9.59 Å². The van der Waals surface area contributed by atoms with Gasteiger partial charge >= 0.3 is 5.69 Å². The molecule has 1 saturated carbocycles. The van der Waals surface area contributed by atoms with E-state index in [0.29, 0.717) is 5.56 Å². The standard InChI is InChI=1S/C12H17ClN2O3S/c1-19(18)7-6-15-11(16)9(8-4-2-3-5-8)10(13)14-12(15)17/h8H,2-7H2,1H3,(H,14,17). The highest BCUT2D eigenvalue weighted by atomic mass is 35.5. The molecule has 1 aliphatic carbocycles. The summed E-state index contributed by atoms with van der Waals surface area (Å²) in [5.74, 6) is 0.421. The third kappa shape index (κ3) is 3.17. The van der Waals surface area contributed by atoms with Crippen molar-refractivity contribution in [3.8, 4) is 0 Å². The lowest BCUT2D eigenvalue weighted by Crippen LogP contribution is -2.39. The number of hydrogen-bond acceptors (Lipinski definition) is 3. The highest BCUT2D eigenvalue weighted by molar-refractivity contribution is 7.84. The lowest BCUT2D eigenvalue weighted by molar-refractivity contribution is 0.623. The summed E-state index contributed by atoms with van der Waals surface area (Å²) in [6.45, 7) is 0.161. The van der Waals surface area contributed by atoms with E-state index in [1.165, 1.54) is 0 Å². The number of nitrogens with zero attached hydrogens (tertiary/aromatic N) is 1. The molecule has 1 N–H and O–H groups in total. The van der Waals surface area contributed by atoms with Crippen molar-refractivity contribution in [3.63, 3.8) is 0 Å². The quantitative estimate of drug-likeness (QED) is 0.850. The summed E-state index contributed by atoms with van der Waals surface area (Å²) in [6, 6.07) is 0. The lowest BCUT2D eigenvalue weighted by Gasteiger charge is -2.13. The number of nitrogens with one attached hydrogen (secondary N) is 1. The number of H-pyrrole nitrogens is 1. The molecule has 0 spiro atoms. The average molecular weight is 305 g/mol. The summed E-state index contributed by atoms with van der Waals surface area (Å²) in [4.78, 5) is 26.7. The van der Waals surface area contributed by atoms with E-state index in [1.807, 2.05) is 0 Å². The molecule has 0 amide bonds. The smallest absolute Gasteiger partial charge is 0.297 e. The molecule has 0 bridgehead atoms. The second-order valence-electron chi connectivity index (χ2n) is 4.87. The van der Waals surface area contributed by atoms with Gasteiger partial charge in [-0.15, -0.1) is 0 Å². The summed E-state index contributed by atoms with van der Waals surface area (Å²) < 4.78 is 12.2. The summed E-state index contributed by atoms with van der Waals surface area (Å²) in [6.07, 6.45) is 5.57. The van der Waals surface area contributed by atoms with E-state index in [4.69, 9.17) is 11.6 Å². The van der Waals surface area contributed by atoms with Crippen molar-refractivity contribution < 1.29 is 4.21 Å². The van der Waals surface area contributed by atoms with Crippen LogP contribution in [0, 0.1) is 0 Å². The largest absolute Gasteiger partial charge is 0.329 e. The minimum Gasteiger partial charge on any atom is -0.297 e. The Morgan fingerprint density at radius 1 is 1.37 bits per heavy atom. The Morgan fingerprint density at radius 2 is 2.00 bits per heavy atom. The van der Waals surface area contributed by atoms with Crippen LogP contribution >= 0.6 is 11.6 Å². The Bertz CT molecular complexity index is 602. The Hall–Kier alpha value is -0.880. The van der Waals surface area contributed by atoms with E-state index >= 15 is 0 Å². The number of hydrogen-bond donors (Lipinski definition) is 1. The molecule has 5 nitrogen and oxygen atoms in total. The fourth-order valence-electron chi connectivity index (χ4n) is 2.55. The maximum absolute atomic E-state index is 12.4.